The van der Waals surface area contributed by atoms with Gasteiger partial charge in [-0.3, -0.25) is 15.1 Å². The van der Waals surface area contributed by atoms with Crippen molar-refractivity contribution in [3.05, 3.63) is 70.8 Å². The first-order chi connectivity index (χ1) is 14.1. The third-order valence-corrected chi connectivity index (χ3v) is 6.02. The van der Waals surface area contributed by atoms with E-state index in [1.54, 1.807) is 30.7 Å². The molecule has 0 aliphatic carbocycles. The Hall–Kier alpha value is -3.04. The van der Waals surface area contributed by atoms with Gasteiger partial charge in [0.1, 0.15) is 10.8 Å². The minimum Gasteiger partial charge on any atom is -0.361 e. The van der Waals surface area contributed by atoms with Crippen LogP contribution in [0.25, 0.3) is 11.3 Å². The Kier molecular flexibility index (Phi) is 5.68. The summed E-state index contributed by atoms with van der Waals surface area (Å²) in [4.78, 5) is 25.8. The molecule has 0 aliphatic rings. The van der Waals surface area contributed by atoms with E-state index in [0.29, 0.717) is 21.5 Å². The van der Waals surface area contributed by atoms with Crippen molar-refractivity contribution in [3.8, 4) is 11.3 Å². The number of thioether (sulfide) groups is 1. The van der Waals surface area contributed by atoms with Crippen molar-refractivity contribution >= 4 is 34.1 Å². The molecule has 7 nitrogen and oxygen atoms in total. The average molecular weight is 424 g/mol. The number of rotatable bonds is 6. The number of anilines is 1. The molecule has 0 saturated heterocycles. The molecule has 146 valence electrons. The first-order valence-electron chi connectivity index (χ1n) is 8.78. The molecule has 4 aromatic heterocycles. The number of aryl methyl sites for hydroxylation is 2. The molecule has 0 unspecified atom stereocenters. The highest BCUT2D eigenvalue weighted by atomic mass is 32.2. The number of nitrogens with zero attached hydrogens (tertiary/aromatic N) is 4. The second kappa shape index (κ2) is 8.54. The van der Waals surface area contributed by atoms with Crippen molar-refractivity contribution in [2.24, 2.45) is 0 Å². The maximum absolute atomic E-state index is 12.8. The predicted octanol–water partition coefficient (Wildman–Crippen LogP) is 4.75. The SMILES string of the molecule is Cc1noc(C)c1CSc1ncccc1C(=O)Nc1nc(-c2cccnc2)cs1. The molecule has 0 bridgehead atoms. The lowest BCUT2D eigenvalue weighted by atomic mass is 10.2. The molecule has 4 rings (SSSR count). The highest BCUT2D eigenvalue weighted by Crippen LogP contribution is 2.29. The first kappa shape index (κ1) is 19.3. The number of nitrogens with one attached hydrogen (secondary N) is 1. The van der Waals surface area contributed by atoms with Gasteiger partial charge in [0.25, 0.3) is 5.91 Å². The van der Waals surface area contributed by atoms with E-state index in [1.807, 2.05) is 31.4 Å². The normalized spacial score (nSPS) is 10.8. The Balaban J connectivity index is 1.49. The summed E-state index contributed by atoms with van der Waals surface area (Å²) in [6.45, 7) is 3.78. The fraction of sp³-hybridized carbons (Fsp3) is 0.150. The summed E-state index contributed by atoms with van der Waals surface area (Å²) in [7, 11) is 0. The van der Waals surface area contributed by atoms with Crippen LogP contribution in [0.3, 0.4) is 0 Å². The molecule has 4 heterocycles. The van der Waals surface area contributed by atoms with Gasteiger partial charge in [0, 0.05) is 40.9 Å². The van der Waals surface area contributed by atoms with E-state index >= 15 is 0 Å². The number of hydrogen-bond acceptors (Lipinski definition) is 8. The van der Waals surface area contributed by atoms with E-state index in [0.717, 1.165) is 28.3 Å². The van der Waals surface area contributed by atoms with Gasteiger partial charge in [0.15, 0.2) is 5.13 Å². The highest BCUT2D eigenvalue weighted by Gasteiger charge is 2.17. The maximum atomic E-state index is 12.8. The third kappa shape index (κ3) is 4.36. The largest absolute Gasteiger partial charge is 0.361 e. The van der Waals surface area contributed by atoms with E-state index in [-0.39, 0.29) is 5.91 Å². The molecule has 0 atom stereocenters. The van der Waals surface area contributed by atoms with E-state index < -0.39 is 0 Å². The third-order valence-electron chi connectivity index (χ3n) is 4.23. The highest BCUT2D eigenvalue weighted by molar-refractivity contribution is 7.98. The monoisotopic (exact) mass is 423 g/mol. The van der Waals surface area contributed by atoms with Crippen molar-refractivity contribution in [1.29, 1.82) is 0 Å². The second-order valence-electron chi connectivity index (χ2n) is 6.18. The Morgan fingerprint density at radius 1 is 1.24 bits per heavy atom. The number of amides is 1. The number of thiazole rings is 1. The van der Waals surface area contributed by atoms with Gasteiger partial charge in [-0.15, -0.1) is 23.1 Å². The van der Waals surface area contributed by atoms with Gasteiger partial charge in [0.2, 0.25) is 0 Å². The number of carbonyl (C=O) groups excluding carboxylic acids is 1. The number of pyridine rings is 2. The van der Waals surface area contributed by atoms with Crippen LogP contribution in [0.1, 0.15) is 27.4 Å². The van der Waals surface area contributed by atoms with Crippen molar-refractivity contribution in [2.45, 2.75) is 24.6 Å². The van der Waals surface area contributed by atoms with Gasteiger partial charge in [-0.25, -0.2) is 9.97 Å². The molecule has 9 heteroatoms. The zero-order chi connectivity index (χ0) is 20.2. The predicted molar refractivity (Wildman–Crippen MR) is 113 cm³/mol. The van der Waals surface area contributed by atoms with Crippen LogP contribution >= 0.6 is 23.1 Å². The fourth-order valence-corrected chi connectivity index (χ4v) is 4.53. The lowest BCUT2D eigenvalue weighted by Gasteiger charge is -2.07. The minimum absolute atomic E-state index is 0.244. The summed E-state index contributed by atoms with van der Waals surface area (Å²) in [5, 5.41) is 9.90. The van der Waals surface area contributed by atoms with Crippen LogP contribution in [0, 0.1) is 13.8 Å². The fourth-order valence-electron chi connectivity index (χ4n) is 2.67. The molecule has 29 heavy (non-hydrogen) atoms. The van der Waals surface area contributed by atoms with E-state index in [2.05, 4.69) is 25.4 Å². The molecule has 0 radical (unpaired) electrons. The van der Waals surface area contributed by atoms with E-state index in [1.165, 1.54) is 23.1 Å². The Morgan fingerprint density at radius 2 is 2.10 bits per heavy atom. The molecule has 1 N–H and O–H groups in total. The molecule has 0 aromatic carbocycles. The van der Waals surface area contributed by atoms with Gasteiger partial charge in [-0.05, 0) is 38.1 Å². The van der Waals surface area contributed by atoms with Crippen LogP contribution in [-0.2, 0) is 5.75 Å². The molecular weight excluding hydrogens is 406 g/mol. The standard InChI is InChI=1S/C20H17N5O2S2/c1-12-16(13(2)27-25-12)10-28-19-15(6-4-8-22-19)18(26)24-20-23-17(11-29-20)14-5-3-7-21-9-14/h3-9,11H,10H2,1-2H3,(H,23,24,26). The lowest BCUT2D eigenvalue weighted by molar-refractivity contribution is 0.102. The zero-order valence-electron chi connectivity index (χ0n) is 15.7. The second-order valence-corrected chi connectivity index (χ2v) is 8.00. The molecule has 0 aliphatic heterocycles. The summed E-state index contributed by atoms with van der Waals surface area (Å²) in [6.07, 6.45) is 5.13. The van der Waals surface area contributed by atoms with Crippen LogP contribution in [-0.4, -0.2) is 26.0 Å². The van der Waals surface area contributed by atoms with E-state index in [4.69, 9.17) is 4.52 Å². The summed E-state index contributed by atoms with van der Waals surface area (Å²) in [5.41, 5.74) is 4.05. The van der Waals surface area contributed by atoms with Crippen molar-refractivity contribution in [3.63, 3.8) is 0 Å². The minimum atomic E-state index is -0.244. The van der Waals surface area contributed by atoms with Crippen LogP contribution in [0.15, 0.2) is 57.8 Å². The molecule has 1 amide bonds. The number of hydrogen-bond donors (Lipinski definition) is 1. The first-order valence-corrected chi connectivity index (χ1v) is 10.6. The van der Waals surface area contributed by atoms with Gasteiger partial charge >= 0.3 is 0 Å². The lowest BCUT2D eigenvalue weighted by Crippen LogP contribution is -2.13. The van der Waals surface area contributed by atoms with Gasteiger partial charge in [0.05, 0.1) is 17.0 Å². The maximum Gasteiger partial charge on any atom is 0.260 e. The quantitative estimate of drug-likeness (QED) is 0.447. The summed E-state index contributed by atoms with van der Waals surface area (Å²) in [6, 6.07) is 7.29. The Labute approximate surface area is 175 Å². The van der Waals surface area contributed by atoms with Gasteiger partial charge in [-0.2, -0.15) is 0 Å². The summed E-state index contributed by atoms with van der Waals surface area (Å²) < 4.78 is 5.20. The van der Waals surface area contributed by atoms with Crippen molar-refractivity contribution in [1.82, 2.24) is 20.1 Å². The van der Waals surface area contributed by atoms with Gasteiger partial charge < -0.3 is 4.52 Å². The molecule has 0 saturated carbocycles. The van der Waals surface area contributed by atoms with Crippen LogP contribution in [0.5, 0.6) is 0 Å². The zero-order valence-corrected chi connectivity index (χ0v) is 17.4. The topological polar surface area (TPSA) is 93.8 Å². The van der Waals surface area contributed by atoms with Crippen LogP contribution in [0.4, 0.5) is 5.13 Å². The summed E-state index contributed by atoms with van der Waals surface area (Å²) >= 11 is 2.85. The number of aromatic nitrogens is 4. The van der Waals surface area contributed by atoms with E-state index in [9.17, 15) is 4.79 Å². The Morgan fingerprint density at radius 3 is 2.86 bits per heavy atom. The smallest absolute Gasteiger partial charge is 0.260 e. The average Bonchev–Trinajstić information content (AvgIpc) is 3.34. The molecule has 0 spiro atoms. The summed E-state index contributed by atoms with van der Waals surface area (Å²) in [5.74, 6) is 1.16. The molecule has 0 fully saturated rings. The Bertz CT molecular complexity index is 1120. The van der Waals surface area contributed by atoms with Crippen molar-refractivity contribution < 1.29 is 9.32 Å². The molecule has 4 aromatic rings. The van der Waals surface area contributed by atoms with Gasteiger partial charge in [-0.1, -0.05) is 5.16 Å². The van der Waals surface area contributed by atoms with Crippen LogP contribution in [0.2, 0.25) is 0 Å². The molecular formula is C20H17N5O2S2. The number of carbonyl (C=O) groups is 1. The van der Waals surface area contributed by atoms with Crippen molar-refractivity contribution in [2.75, 3.05) is 5.32 Å². The van der Waals surface area contributed by atoms with Crippen LogP contribution < -0.4 is 5.32 Å².